The molecule has 0 aliphatic heterocycles. The van der Waals surface area contributed by atoms with Gasteiger partial charge in [0.15, 0.2) is 0 Å². The molecular weight excluding hydrogens is 148 g/mol. The highest BCUT2D eigenvalue weighted by atomic mass is 16.1. The molecule has 2 fully saturated rings. The van der Waals surface area contributed by atoms with Crippen molar-refractivity contribution in [3.05, 3.63) is 0 Å². The lowest BCUT2D eigenvalue weighted by Gasteiger charge is -2.33. The SMILES string of the molecule is CC(C)(C)[C@H]1CCC(=O)[C@@H]2C[C@@H]21. The van der Waals surface area contributed by atoms with Gasteiger partial charge in [-0.3, -0.25) is 4.79 Å². The molecule has 2 aliphatic rings. The molecule has 2 aliphatic carbocycles. The van der Waals surface area contributed by atoms with E-state index in [4.69, 9.17) is 0 Å². The van der Waals surface area contributed by atoms with Gasteiger partial charge in [0.2, 0.25) is 0 Å². The third-order valence-electron chi connectivity index (χ3n) is 3.58. The molecule has 0 N–H and O–H groups in total. The van der Waals surface area contributed by atoms with Gasteiger partial charge < -0.3 is 0 Å². The van der Waals surface area contributed by atoms with E-state index in [9.17, 15) is 4.79 Å². The summed E-state index contributed by atoms with van der Waals surface area (Å²) in [6.07, 6.45) is 3.19. The van der Waals surface area contributed by atoms with Gasteiger partial charge in [0, 0.05) is 12.3 Å². The van der Waals surface area contributed by atoms with Crippen LogP contribution in [-0.4, -0.2) is 5.78 Å². The van der Waals surface area contributed by atoms with Crippen molar-refractivity contribution in [1.82, 2.24) is 0 Å². The first-order valence-corrected chi connectivity index (χ1v) is 5.03. The Morgan fingerprint density at radius 3 is 2.58 bits per heavy atom. The molecule has 0 unspecified atom stereocenters. The molecule has 0 radical (unpaired) electrons. The van der Waals surface area contributed by atoms with E-state index in [-0.39, 0.29) is 0 Å². The number of hydrogen-bond donors (Lipinski definition) is 0. The molecule has 0 aromatic heterocycles. The second kappa shape index (κ2) is 2.34. The summed E-state index contributed by atoms with van der Waals surface area (Å²) in [5.74, 6) is 2.58. The van der Waals surface area contributed by atoms with Crippen molar-refractivity contribution < 1.29 is 4.79 Å². The fourth-order valence-corrected chi connectivity index (χ4v) is 2.80. The highest BCUT2D eigenvalue weighted by molar-refractivity contribution is 5.84. The quantitative estimate of drug-likeness (QED) is 0.540. The van der Waals surface area contributed by atoms with Crippen molar-refractivity contribution in [3.8, 4) is 0 Å². The van der Waals surface area contributed by atoms with Crippen molar-refractivity contribution in [2.45, 2.75) is 40.0 Å². The zero-order valence-electron chi connectivity index (χ0n) is 8.26. The lowest BCUT2D eigenvalue weighted by atomic mass is 9.72. The second-order valence-electron chi connectivity index (χ2n) is 5.48. The highest BCUT2D eigenvalue weighted by Crippen LogP contribution is 2.56. The molecule has 0 amide bonds. The van der Waals surface area contributed by atoms with Gasteiger partial charge in [-0.05, 0) is 30.1 Å². The molecule has 0 heterocycles. The Balaban J connectivity index is 2.08. The van der Waals surface area contributed by atoms with Gasteiger partial charge >= 0.3 is 0 Å². The fraction of sp³-hybridized carbons (Fsp3) is 0.909. The summed E-state index contributed by atoms with van der Waals surface area (Å²) < 4.78 is 0. The molecular formula is C11H18O. The van der Waals surface area contributed by atoms with E-state index < -0.39 is 0 Å². The van der Waals surface area contributed by atoms with Crippen molar-refractivity contribution in [2.24, 2.45) is 23.2 Å². The maximum Gasteiger partial charge on any atom is 0.136 e. The van der Waals surface area contributed by atoms with Crippen molar-refractivity contribution in [3.63, 3.8) is 0 Å². The summed E-state index contributed by atoms with van der Waals surface area (Å²) >= 11 is 0. The first kappa shape index (κ1) is 8.28. The Bertz CT molecular complexity index is 212. The molecule has 0 spiro atoms. The maximum absolute atomic E-state index is 11.3. The predicted octanol–water partition coefficient (Wildman–Crippen LogP) is 2.65. The summed E-state index contributed by atoms with van der Waals surface area (Å²) in [7, 11) is 0. The van der Waals surface area contributed by atoms with Crippen LogP contribution in [0.3, 0.4) is 0 Å². The predicted molar refractivity (Wildman–Crippen MR) is 48.8 cm³/mol. The standard InChI is InChI=1S/C11H18O/c1-11(2,3)9-4-5-10(12)8-6-7(8)9/h7-9H,4-6H2,1-3H3/t7-,8+,9-/m0/s1. The smallest absolute Gasteiger partial charge is 0.136 e. The number of fused-ring (bicyclic) bond motifs is 1. The molecule has 2 saturated carbocycles. The third kappa shape index (κ3) is 1.19. The zero-order chi connectivity index (χ0) is 8.93. The molecule has 1 nitrogen and oxygen atoms in total. The molecule has 0 saturated heterocycles. The summed E-state index contributed by atoms with van der Waals surface area (Å²) in [5, 5.41) is 0. The van der Waals surface area contributed by atoms with Crippen LogP contribution < -0.4 is 0 Å². The number of carbonyl (C=O) groups is 1. The summed E-state index contributed by atoms with van der Waals surface area (Å²) in [4.78, 5) is 11.3. The third-order valence-corrected chi connectivity index (χ3v) is 3.58. The van der Waals surface area contributed by atoms with Crippen LogP contribution in [0.15, 0.2) is 0 Å². The summed E-state index contributed by atoms with van der Waals surface area (Å²) in [5.41, 5.74) is 0.417. The normalized spacial score (nSPS) is 40.9. The number of rotatable bonds is 0. The second-order valence-corrected chi connectivity index (χ2v) is 5.48. The van der Waals surface area contributed by atoms with E-state index in [1.54, 1.807) is 0 Å². The Morgan fingerprint density at radius 2 is 2.00 bits per heavy atom. The minimum atomic E-state index is 0.417. The summed E-state index contributed by atoms with van der Waals surface area (Å²) in [6, 6.07) is 0. The van der Waals surface area contributed by atoms with E-state index in [0.29, 0.717) is 17.1 Å². The Kier molecular flexibility index (Phi) is 1.61. The van der Waals surface area contributed by atoms with E-state index in [0.717, 1.165) is 24.7 Å². The van der Waals surface area contributed by atoms with Crippen molar-refractivity contribution >= 4 is 5.78 Å². The average Bonchev–Trinajstić information content (AvgIpc) is 2.64. The van der Waals surface area contributed by atoms with E-state index in [1.807, 2.05) is 0 Å². The first-order chi connectivity index (χ1) is 5.50. The van der Waals surface area contributed by atoms with Crippen LogP contribution in [0.4, 0.5) is 0 Å². The van der Waals surface area contributed by atoms with Crippen LogP contribution in [0.1, 0.15) is 40.0 Å². The van der Waals surface area contributed by atoms with E-state index >= 15 is 0 Å². The van der Waals surface area contributed by atoms with Crippen LogP contribution in [0.25, 0.3) is 0 Å². The number of hydrogen-bond acceptors (Lipinski definition) is 1. The van der Waals surface area contributed by atoms with Crippen LogP contribution in [-0.2, 0) is 4.79 Å². The lowest BCUT2D eigenvalue weighted by Crippen LogP contribution is -2.28. The molecule has 12 heavy (non-hydrogen) atoms. The van der Waals surface area contributed by atoms with Gasteiger partial charge in [-0.2, -0.15) is 0 Å². The van der Waals surface area contributed by atoms with E-state index in [1.165, 1.54) is 6.42 Å². The first-order valence-electron chi connectivity index (χ1n) is 5.03. The Hall–Kier alpha value is -0.330. The highest BCUT2D eigenvalue weighted by Gasteiger charge is 2.53. The van der Waals surface area contributed by atoms with Crippen LogP contribution in [0.5, 0.6) is 0 Å². The fourth-order valence-electron chi connectivity index (χ4n) is 2.80. The topological polar surface area (TPSA) is 17.1 Å². The lowest BCUT2D eigenvalue weighted by molar-refractivity contribution is -0.122. The van der Waals surface area contributed by atoms with Gasteiger partial charge in [0.1, 0.15) is 5.78 Å². The van der Waals surface area contributed by atoms with Crippen LogP contribution in [0, 0.1) is 23.2 Å². The van der Waals surface area contributed by atoms with Gasteiger partial charge in [-0.25, -0.2) is 0 Å². The van der Waals surface area contributed by atoms with Crippen molar-refractivity contribution in [1.29, 1.82) is 0 Å². The zero-order valence-corrected chi connectivity index (χ0v) is 8.26. The molecule has 3 atom stereocenters. The number of Topliss-reactive ketones (excluding diaryl/α,β-unsaturated/α-hetero) is 1. The van der Waals surface area contributed by atoms with Crippen molar-refractivity contribution in [2.75, 3.05) is 0 Å². The molecule has 2 rings (SSSR count). The largest absolute Gasteiger partial charge is 0.299 e. The molecule has 0 aromatic rings. The molecule has 0 bridgehead atoms. The molecule has 0 aromatic carbocycles. The van der Waals surface area contributed by atoms with Crippen LogP contribution in [0.2, 0.25) is 0 Å². The van der Waals surface area contributed by atoms with Gasteiger partial charge in [-0.15, -0.1) is 0 Å². The van der Waals surface area contributed by atoms with Gasteiger partial charge in [0.05, 0.1) is 0 Å². The average molecular weight is 166 g/mol. The maximum atomic E-state index is 11.3. The van der Waals surface area contributed by atoms with Gasteiger partial charge in [-0.1, -0.05) is 20.8 Å². The minimum absolute atomic E-state index is 0.417. The monoisotopic (exact) mass is 166 g/mol. The molecule has 1 heteroatoms. The Labute approximate surface area is 74.5 Å². The van der Waals surface area contributed by atoms with Gasteiger partial charge in [0.25, 0.3) is 0 Å². The van der Waals surface area contributed by atoms with Crippen LogP contribution >= 0.6 is 0 Å². The minimum Gasteiger partial charge on any atom is -0.299 e. The molecule has 68 valence electrons. The Morgan fingerprint density at radius 1 is 1.33 bits per heavy atom. The number of carbonyl (C=O) groups excluding carboxylic acids is 1. The number of ketones is 1. The van der Waals surface area contributed by atoms with E-state index in [2.05, 4.69) is 20.8 Å². The summed E-state index contributed by atoms with van der Waals surface area (Å²) in [6.45, 7) is 6.93.